The zero-order chi connectivity index (χ0) is 8.59. The second kappa shape index (κ2) is 3.23. The molecule has 3 heteroatoms. The van der Waals surface area contributed by atoms with E-state index in [0.29, 0.717) is 5.56 Å². The van der Waals surface area contributed by atoms with Gasteiger partial charge in [-0.3, -0.25) is 0 Å². The molecular weight excluding hydrogens is 275 g/mol. The summed E-state index contributed by atoms with van der Waals surface area (Å²) in [4.78, 5) is 0. The van der Waals surface area contributed by atoms with Crippen molar-refractivity contribution in [2.75, 3.05) is 0 Å². The van der Waals surface area contributed by atoms with Crippen LogP contribution in [0.15, 0.2) is 15.0 Å². The van der Waals surface area contributed by atoms with Crippen LogP contribution < -0.4 is 0 Å². The molecule has 0 nitrogen and oxygen atoms in total. The molecule has 0 N–H and O–H groups in total. The topological polar surface area (TPSA) is 0 Å². The van der Waals surface area contributed by atoms with Gasteiger partial charge in [0.2, 0.25) is 0 Å². The molecule has 0 aromatic heterocycles. The van der Waals surface area contributed by atoms with E-state index in [-0.39, 0.29) is 5.82 Å². The van der Waals surface area contributed by atoms with Gasteiger partial charge in [0.1, 0.15) is 5.82 Å². The van der Waals surface area contributed by atoms with E-state index >= 15 is 0 Å². The SMILES string of the molecule is Cc1c(F)cc(Br)c(C)c1Br. The van der Waals surface area contributed by atoms with Gasteiger partial charge in [-0.05, 0) is 31.0 Å². The largest absolute Gasteiger partial charge is 0.207 e. The predicted octanol–water partition coefficient (Wildman–Crippen LogP) is 3.97. The van der Waals surface area contributed by atoms with Crippen LogP contribution in [0.1, 0.15) is 11.1 Å². The molecule has 0 radical (unpaired) electrons. The third kappa shape index (κ3) is 1.64. The highest BCUT2D eigenvalue weighted by molar-refractivity contribution is 9.11. The molecule has 0 spiro atoms. The van der Waals surface area contributed by atoms with Crippen molar-refractivity contribution >= 4 is 31.9 Å². The molecule has 0 bridgehead atoms. The number of halogens is 3. The van der Waals surface area contributed by atoms with Crippen molar-refractivity contribution in [1.29, 1.82) is 0 Å². The van der Waals surface area contributed by atoms with Crippen LogP contribution in [0.2, 0.25) is 0 Å². The lowest BCUT2D eigenvalue weighted by atomic mass is 10.1. The van der Waals surface area contributed by atoms with Crippen LogP contribution in [-0.2, 0) is 0 Å². The van der Waals surface area contributed by atoms with Crippen molar-refractivity contribution in [2.24, 2.45) is 0 Å². The monoisotopic (exact) mass is 280 g/mol. The van der Waals surface area contributed by atoms with Crippen LogP contribution in [-0.4, -0.2) is 0 Å². The summed E-state index contributed by atoms with van der Waals surface area (Å²) in [6.07, 6.45) is 0. The highest BCUT2D eigenvalue weighted by Gasteiger charge is 2.07. The van der Waals surface area contributed by atoms with Crippen LogP contribution in [0.3, 0.4) is 0 Å². The van der Waals surface area contributed by atoms with Crippen molar-refractivity contribution < 1.29 is 4.39 Å². The molecule has 0 amide bonds. The van der Waals surface area contributed by atoms with Gasteiger partial charge in [0, 0.05) is 8.95 Å². The Morgan fingerprint density at radius 2 is 1.73 bits per heavy atom. The van der Waals surface area contributed by atoms with Gasteiger partial charge in [0.05, 0.1) is 0 Å². The van der Waals surface area contributed by atoms with E-state index in [0.717, 1.165) is 14.5 Å². The quantitative estimate of drug-likeness (QED) is 0.675. The zero-order valence-corrected chi connectivity index (χ0v) is 9.38. The maximum atomic E-state index is 13.0. The van der Waals surface area contributed by atoms with Crippen LogP contribution in [0, 0.1) is 19.7 Å². The molecule has 11 heavy (non-hydrogen) atoms. The van der Waals surface area contributed by atoms with E-state index < -0.39 is 0 Å². The van der Waals surface area contributed by atoms with Gasteiger partial charge >= 0.3 is 0 Å². The average Bonchev–Trinajstić information content (AvgIpc) is 1.97. The summed E-state index contributed by atoms with van der Waals surface area (Å²) in [5.41, 5.74) is 1.69. The van der Waals surface area contributed by atoms with Crippen LogP contribution in [0.5, 0.6) is 0 Å². The minimum absolute atomic E-state index is 0.186. The van der Waals surface area contributed by atoms with Gasteiger partial charge in [-0.2, -0.15) is 0 Å². The first kappa shape index (κ1) is 9.20. The lowest BCUT2D eigenvalue weighted by Gasteiger charge is -2.05. The van der Waals surface area contributed by atoms with Crippen molar-refractivity contribution in [3.05, 3.63) is 32.0 Å². The first-order chi connectivity index (χ1) is 5.04. The number of hydrogen-bond acceptors (Lipinski definition) is 0. The molecule has 0 aliphatic rings. The van der Waals surface area contributed by atoms with E-state index in [1.54, 1.807) is 6.92 Å². The Morgan fingerprint density at radius 3 is 2.27 bits per heavy atom. The fraction of sp³-hybridized carbons (Fsp3) is 0.250. The lowest BCUT2D eigenvalue weighted by molar-refractivity contribution is 0.615. The fourth-order valence-corrected chi connectivity index (χ4v) is 1.89. The summed E-state index contributed by atoms with van der Waals surface area (Å²) in [5, 5.41) is 0. The Bertz CT molecular complexity index is 268. The van der Waals surface area contributed by atoms with E-state index in [4.69, 9.17) is 0 Å². The predicted molar refractivity (Wildman–Crippen MR) is 51.3 cm³/mol. The lowest BCUT2D eigenvalue weighted by Crippen LogP contribution is -1.88. The van der Waals surface area contributed by atoms with Gasteiger partial charge in [0.25, 0.3) is 0 Å². The highest BCUT2D eigenvalue weighted by Crippen LogP contribution is 2.29. The Hall–Kier alpha value is 0.110. The zero-order valence-electron chi connectivity index (χ0n) is 6.21. The minimum Gasteiger partial charge on any atom is -0.207 e. The highest BCUT2D eigenvalue weighted by atomic mass is 79.9. The molecule has 60 valence electrons. The van der Waals surface area contributed by atoms with Gasteiger partial charge in [-0.25, -0.2) is 4.39 Å². The van der Waals surface area contributed by atoms with E-state index in [1.165, 1.54) is 6.07 Å². The first-order valence-corrected chi connectivity index (χ1v) is 4.73. The number of benzene rings is 1. The second-order valence-electron chi connectivity index (χ2n) is 2.40. The van der Waals surface area contributed by atoms with E-state index in [2.05, 4.69) is 31.9 Å². The summed E-state index contributed by atoms with van der Waals surface area (Å²) in [5.74, 6) is -0.186. The molecule has 0 saturated heterocycles. The Kier molecular flexibility index (Phi) is 2.70. The third-order valence-corrected chi connectivity index (χ3v) is 3.64. The molecule has 0 saturated carbocycles. The standard InChI is InChI=1S/C8H7Br2F/c1-4-6(9)3-7(11)5(2)8(4)10/h3H,1-2H3. The molecule has 1 aromatic rings. The molecule has 0 fully saturated rings. The fourth-order valence-electron chi connectivity index (χ4n) is 0.819. The van der Waals surface area contributed by atoms with Gasteiger partial charge in [-0.15, -0.1) is 0 Å². The Morgan fingerprint density at radius 1 is 1.18 bits per heavy atom. The second-order valence-corrected chi connectivity index (χ2v) is 4.05. The molecular formula is C8H7Br2F. The Balaban J connectivity index is 3.46. The summed E-state index contributed by atoms with van der Waals surface area (Å²) < 4.78 is 14.6. The molecule has 0 aliphatic carbocycles. The molecule has 0 unspecified atom stereocenters. The van der Waals surface area contributed by atoms with Crippen LogP contribution >= 0.6 is 31.9 Å². The molecule has 1 rings (SSSR count). The van der Waals surface area contributed by atoms with Crippen molar-refractivity contribution in [3.63, 3.8) is 0 Å². The summed E-state index contributed by atoms with van der Waals surface area (Å²) >= 11 is 6.57. The number of hydrogen-bond donors (Lipinski definition) is 0. The molecule has 1 aromatic carbocycles. The summed E-state index contributed by atoms with van der Waals surface area (Å²) in [6.45, 7) is 3.68. The van der Waals surface area contributed by atoms with Gasteiger partial charge in [0.15, 0.2) is 0 Å². The summed E-state index contributed by atoms with van der Waals surface area (Å²) in [6, 6.07) is 1.48. The maximum absolute atomic E-state index is 13.0. The summed E-state index contributed by atoms with van der Waals surface area (Å²) in [7, 11) is 0. The van der Waals surface area contributed by atoms with E-state index in [1.807, 2.05) is 6.92 Å². The average molecular weight is 282 g/mol. The molecule has 0 atom stereocenters. The molecule has 0 aliphatic heterocycles. The van der Waals surface area contributed by atoms with Gasteiger partial charge < -0.3 is 0 Å². The third-order valence-electron chi connectivity index (χ3n) is 1.63. The van der Waals surface area contributed by atoms with Crippen molar-refractivity contribution in [1.82, 2.24) is 0 Å². The first-order valence-electron chi connectivity index (χ1n) is 3.14. The Labute approximate surface area is 82.1 Å². The van der Waals surface area contributed by atoms with Crippen molar-refractivity contribution in [3.8, 4) is 0 Å². The molecule has 0 heterocycles. The van der Waals surface area contributed by atoms with Crippen molar-refractivity contribution in [2.45, 2.75) is 13.8 Å². The normalized spacial score (nSPS) is 10.3. The van der Waals surface area contributed by atoms with E-state index in [9.17, 15) is 4.39 Å². The van der Waals surface area contributed by atoms with Crippen LogP contribution in [0.4, 0.5) is 4.39 Å². The maximum Gasteiger partial charge on any atom is 0.128 e. The van der Waals surface area contributed by atoms with Gasteiger partial charge in [-0.1, -0.05) is 31.9 Å². The smallest absolute Gasteiger partial charge is 0.128 e. The minimum atomic E-state index is -0.186. The van der Waals surface area contributed by atoms with Crippen LogP contribution in [0.25, 0.3) is 0 Å². The number of rotatable bonds is 0.